The lowest BCUT2D eigenvalue weighted by Gasteiger charge is -2.14. The molecule has 0 saturated heterocycles. The second-order valence-corrected chi connectivity index (χ2v) is 5.48. The van der Waals surface area contributed by atoms with Gasteiger partial charge in [0.1, 0.15) is 0 Å². The Morgan fingerprint density at radius 3 is 2.44 bits per heavy atom. The van der Waals surface area contributed by atoms with E-state index < -0.39 is 17.8 Å². The minimum atomic E-state index is -0.970. The number of carboxylic acid groups (broad SMARTS) is 1. The summed E-state index contributed by atoms with van der Waals surface area (Å²) in [5.41, 5.74) is 0.967. The van der Waals surface area contributed by atoms with Crippen LogP contribution < -0.4 is 5.32 Å². The van der Waals surface area contributed by atoms with Gasteiger partial charge in [0.25, 0.3) is 0 Å². The molecule has 1 aromatic rings. The molecule has 0 bridgehead atoms. The number of anilines is 1. The van der Waals surface area contributed by atoms with Crippen molar-refractivity contribution in [1.29, 1.82) is 0 Å². The van der Waals surface area contributed by atoms with E-state index in [2.05, 4.69) is 10.3 Å². The Hall–Kier alpha value is -1.43. The molecule has 1 heterocycles. The van der Waals surface area contributed by atoms with Crippen molar-refractivity contribution in [3.05, 3.63) is 10.6 Å². The Morgan fingerprint density at radius 2 is 2.00 bits per heavy atom. The summed E-state index contributed by atoms with van der Waals surface area (Å²) < 4.78 is 0. The molecule has 0 aliphatic heterocycles. The average Bonchev–Trinajstić information content (AvgIpc) is 2.67. The van der Waals surface area contributed by atoms with Gasteiger partial charge < -0.3 is 10.4 Å². The zero-order valence-electron chi connectivity index (χ0n) is 11.0. The van der Waals surface area contributed by atoms with Gasteiger partial charge in [-0.15, -0.1) is 11.3 Å². The largest absolute Gasteiger partial charge is 0.481 e. The highest BCUT2D eigenvalue weighted by Gasteiger charge is 2.26. The number of nitrogens with zero attached hydrogens (tertiary/aromatic N) is 1. The van der Waals surface area contributed by atoms with Gasteiger partial charge in [0.15, 0.2) is 5.13 Å². The van der Waals surface area contributed by atoms with Crippen LogP contribution in [0.1, 0.15) is 31.3 Å². The molecule has 1 rings (SSSR count). The molecule has 0 spiro atoms. The first kappa shape index (κ1) is 14.6. The Labute approximate surface area is 110 Å². The fourth-order valence-electron chi connectivity index (χ4n) is 1.47. The number of carbonyl (C=O) groups is 2. The summed E-state index contributed by atoms with van der Waals surface area (Å²) >= 11 is 1.41. The summed E-state index contributed by atoms with van der Waals surface area (Å²) in [6.07, 6.45) is 0.819. The number of rotatable bonds is 5. The van der Waals surface area contributed by atoms with Crippen LogP contribution in [0.3, 0.4) is 0 Å². The lowest BCUT2D eigenvalue weighted by atomic mass is 9.95. The molecule has 0 saturated carbocycles. The van der Waals surface area contributed by atoms with E-state index in [0.29, 0.717) is 5.13 Å². The van der Waals surface area contributed by atoms with Crippen LogP contribution >= 0.6 is 11.3 Å². The van der Waals surface area contributed by atoms with E-state index in [9.17, 15) is 9.59 Å². The van der Waals surface area contributed by atoms with Gasteiger partial charge in [-0.1, -0.05) is 20.8 Å². The first-order chi connectivity index (χ1) is 8.36. The van der Waals surface area contributed by atoms with Crippen LogP contribution in [0.2, 0.25) is 0 Å². The number of aromatic nitrogens is 1. The van der Waals surface area contributed by atoms with E-state index in [-0.39, 0.29) is 5.91 Å². The summed E-state index contributed by atoms with van der Waals surface area (Å²) in [5, 5.41) is 12.1. The van der Waals surface area contributed by atoms with Crippen LogP contribution in [0, 0.1) is 18.8 Å². The third-order valence-electron chi connectivity index (χ3n) is 3.01. The summed E-state index contributed by atoms with van der Waals surface area (Å²) in [4.78, 5) is 28.0. The third kappa shape index (κ3) is 3.29. The highest BCUT2D eigenvalue weighted by atomic mass is 32.1. The fraction of sp³-hybridized carbons (Fsp3) is 0.583. The van der Waals surface area contributed by atoms with Gasteiger partial charge in [-0.05, 0) is 13.3 Å². The predicted octanol–water partition coefficient (Wildman–Crippen LogP) is 2.31. The summed E-state index contributed by atoms with van der Waals surface area (Å²) in [6.45, 7) is 7.09. The molecule has 2 atom stereocenters. The summed E-state index contributed by atoms with van der Waals surface area (Å²) in [6, 6.07) is 0. The van der Waals surface area contributed by atoms with Crippen molar-refractivity contribution in [2.24, 2.45) is 11.8 Å². The lowest BCUT2D eigenvalue weighted by Crippen LogP contribution is -2.29. The Kier molecular flexibility index (Phi) is 4.84. The number of aliphatic carboxylic acids is 1. The van der Waals surface area contributed by atoms with Crippen LogP contribution in [0.15, 0.2) is 0 Å². The predicted molar refractivity (Wildman–Crippen MR) is 70.8 cm³/mol. The maximum Gasteiger partial charge on any atom is 0.307 e. The highest BCUT2D eigenvalue weighted by Crippen LogP contribution is 2.23. The Balaban J connectivity index is 2.72. The first-order valence-electron chi connectivity index (χ1n) is 5.86. The molecule has 0 fully saturated rings. The third-order valence-corrected chi connectivity index (χ3v) is 3.94. The SMILES string of the molecule is CCc1nc(NC(=O)C(C)C(C)C(=O)O)sc1C. The van der Waals surface area contributed by atoms with Crippen molar-refractivity contribution >= 4 is 28.3 Å². The van der Waals surface area contributed by atoms with Crippen molar-refractivity contribution < 1.29 is 14.7 Å². The van der Waals surface area contributed by atoms with Crippen molar-refractivity contribution in [1.82, 2.24) is 4.98 Å². The zero-order chi connectivity index (χ0) is 13.9. The van der Waals surface area contributed by atoms with Gasteiger partial charge >= 0.3 is 5.97 Å². The highest BCUT2D eigenvalue weighted by molar-refractivity contribution is 7.15. The van der Waals surface area contributed by atoms with E-state index >= 15 is 0 Å². The molecule has 0 aliphatic carbocycles. The van der Waals surface area contributed by atoms with E-state index in [0.717, 1.165) is 17.0 Å². The molecule has 100 valence electrons. The quantitative estimate of drug-likeness (QED) is 0.860. The lowest BCUT2D eigenvalue weighted by molar-refractivity contribution is -0.145. The molecule has 1 aromatic heterocycles. The van der Waals surface area contributed by atoms with Crippen LogP contribution in [0.5, 0.6) is 0 Å². The number of nitrogens with one attached hydrogen (secondary N) is 1. The van der Waals surface area contributed by atoms with Crippen LogP contribution in [0.25, 0.3) is 0 Å². The smallest absolute Gasteiger partial charge is 0.307 e. The van der Waals surface area contributed by atoms with Crippen molar-refractivity contribution in [2.75, 3.05) is 5.32 Å². The molecule has 1 amide bonds. The molecule has 6 heteroatoms. The number of carbonyl (C=O) groups excluding carboxylic acids is 1. The first-order valence-corrected chi connectivity index (χ1v) is 6.68. The van der Waals surface area contributed by atoms with Crippen LogP contribution in [-0.2, 0) is 16.0 Å². The average molecular weight is 270 g/mol. The van der Waals surface area contributed by atoms with Gasteiger partial charge in [-0.2, -0.15) is 0 Å². The second kappa shape index (κ2) is 5.95. The molecule has 2 N–H and O–H groups in total. The zero-order valence-corrected chi connectivity index (χ0v) is 11.8. The van der Waals surface area contributed by atoms with Crippen molar-refractivity contribution in [2.45, 2.75) is 34.1 Å². The van der Waals surface area contributed by atoms with E-state index in [1.165, 1.54) is 18.3 Å². The van der Waals surface area contributed by atoms with Crippen LogP contribution in [-0.4, -0.2) is 22.0 Å². The number of carboxylic acids is 1. The van der Waals surface area contributed by atoms with E-state index in [4.69, 9.17) is 5.11 Å². The van der Waals surface area contributed by atoms with Gasteiger partial charge in [-0.3, -0.25) is 9.59 Å². The molecule has 2 unspecified atom stereocenters. The summed E-state index contributed by atoms with van der Waals surface area (Å²) in [7, 11) is 0. The molecule has 5 nitrogen and oxygen atoms in total. The van der Waals surface area contributed by atoms with Gasteiger partial charge in [0.05, 0.1) is 11.6 Å². The van der Waals surface area contributed by atoms with E-state index in [1.54, 1.807) is 6.92 Å². The topological polar surface area (TPSA) is 79.3 Å². The minimum Gasteiger partial charge on any atom is -0.481 e. The van der Waals surface area contributed by atoms with Crippen molar-refractivity contribution in [3.63, 3.8) is 0 Å². The second-order valence-electron chi connectivity index (χ2n) is 4.28. The van der Waals surface area contributed by atoms with Gasteiger partial charge in [-0.25, -0.2) is 4.98 Å². The molecule has 0 aliphatic rings. The van der Waals surface area contributed by atoms with Gasteiger partial charge in [0, 0.05) is 10.8 Å². The molecule has 0 radical (unpaired) electrons. The summed E-state index contributed by atoms with van der Waals surface area (Å²) in [5.74, 6) is -2.57. The Morgan fingerprint density at radius 1 is 1.39 bits per heavy atom. The van der Waals surface area contributed by atoms with E-state index in [1.807, 2.05) is 13.8 Å². The standard InChI is InChI=1S/C12H18N2O3S/c1-5-9-8(4)18-12(13-9)14-10(15)6(2)7(3)11(16)17/h6-7H,5H2,1-4H3,(H,16,17)(H,13,14,15). The maximum atomic E-state index is 11.9. The van der Waals surface area contributed by atoms with Gasteiger partial charge in [0.2, 0.25) is 5.91 Å². The molecule has 18 heavy (non-hydrogen) atoms. The number of amides is 1. The number of thiazole rings is 1. The van der Waals surface area contributed by atoms with Crippen molar-refractivity contribution in [3.8, 4) is 0 Å². The number of hydrogen-bond donors (Lipinski definition) is 2. The minimum absolute atomic E-state index is 0.304. The van der Waals surface area contributed by atoms with Crippen LogP contribution in [0.4, 0.5) is 5.13 Å². The fourth-order valence-corrected chi connectivity index (χ4v) is 2.37. The maximum absolute atomic E-state index is 11.9. The number of hydrogen-bond acceptors (Lipinski definition) is 4. The molecular formula is C12H18N2O3S. The monoisotopic (exact) mass is 270 g/mol. The Bertz CT molecular complexity index is 456. The molecule has 0 aromatic carbocycles. The normalized spacial score (nSPS) is 14.0. The number of aryl methyl sites for hydroxylation is 2. The molecular weight excluding hydrogens is 252 g/mol.